The molecule has 0 N–H and O–H groups in total. The Balaban J connectivity index is 1.60. The Labute approximate surface area is 253 Å². The molecule has 3 aromatic heterocycles. The van der Waals surface area contributed by atoms with Crippen LogP contribution in [-0.4, -0.2) is 51.0 Å². The maximum absolute atomic E-state index is 16.1. The first kappa shape index (κ1) is 29.2. The van der Waals surface area contributed by atoms with E-state index < -0.39 is 17.3 Å². The summed E-state index contributed by atoms with van der Waals surface area (Å²) >= 11 is 0. The number of hydrogen-bond acceptors (Lipinski definition) is 6. The minimum Gasteiger partial charge on any atom is -0.464 e. The van der Waals surface area contributed by atoms with Gasteiger partial charge in [0.25, 0.3) is 0 Å². The van der Waals surface area contributed by atoms with E-state index in [0.717, 1.165) is 16.7 Å². The first-order valence-corrected chi connectivity index (χ1v) is 14.6. The van der Waals surface area contributed by atoms with Crippen LogP contribution in [0.15, 0.2) is 70.6 Å². The number of rotatable bonds is 6. The topological polar surface area (TPSA) is 84.5 Å². The minimum atomic E-state index is -0.777. The van der Waals surface area contributed by atoms with Gasteiger partial charge < -0.3 is 14.2 Å². The molecule has 0 aliphatic carbocycles. The lowest BCUT2D eigenvalue weighted by molar-refractivity contribution is -0.126. The van der Waals surface area contributed by atoms with Gasteiger partial charge >= 0.3 is 5.69 Å². The number of fused-ring (bicyclic) bond motifs is 2. The Kier molecular flexibility index (Phi) is 7.53. The highest BCUT2D eigenvalue weighted by atomic mass is 19.1. The van der Waals surface area contributed by atoms with Crippen molar-refractivity contribution in [3.63, 3.8) is 0 Å². The van der Waals surface area contributed by atoms with Crippen molar-refractivity contribution in [1.29, 1.82) is 0 Å². The fraction of sp³-hybridized carbons (Fsp3) is 0.294. The van der Waals surface area contributed by atoms with Crippen LogP contribution in [0.3, 0.4) is 0 Å². The maximum atomic E-state index is 16.1. The summed E-state index contributed by atoms with van der Waals surface area (Å²) in [7, 11) is 0. The van der Waals surface area contributed by atoms with Crippen molar-refractivity contribution < 1.29 is 18.0 Å². The van der Waals surface area contributed by atoms with Crippen molar-refractivity contribution in [1.82, 2.24) is 19.4 Å². The molecule has 1 saturated heterocycles. The number of halogens is 2. The zero-order chi connectivity index (χ0) is 31.3. The van der Waals surface area contributed by atoms with Crippen molar-refractivity contribution >= 4 is 33.7 Å². The summed E-state index contributed by atoms with van der Waals surface area (Å²) in [6, 6.07) is 11.5. The molecule has 1 fully saturated rings. The monoisotopic (exact) mass is 597 g/mol. The number of aromatic nitrogens is 3. The average molecular weight is 598 g/mol. The quantitative estimate of drug-likeness (QED) is 0.217. The van der Waals surface area contributed by atoms with Crippen LogP contribution in [0.5, 0.6) is 0 Å². The number of carbonyl (C=O) groups is 1. The molecule has 1 aliphatic rings. The van der Waals surface area contributed by atoms with E-state index in [-0.39, 0.29) is 52.7 Å². The molecular formula is C34H33F2N5O3. The SMILES string of the molecule is C=CC(=O)N1CCN(c2nc(=O)n(Cc3c(C)cccc3C(C)C)c3nc(-c4c(F)ccc5ccoc45)c(F)cc23)[C@@H](C)C1. The van der Waals surface area contributed by atoms with Crippen LogP contribution in [-0.2, 0) is 11.3 Å². The highest BCUT2D eigenvalue weighted by Crippen LogP contribution is 2.36. The summed E-state index contributed by atoms with van der Waals surface area (Å²) in [6.45, 7) is 12.9. The van der Waals surface area contributed by atoms with E-state index >= 15 is 8.78 Å². The van der Waals surface area contributed by atoms with Gasteiger partial charge in [0.05, 0.1) is 23.8 Å². The van der Waals surface area contributed by atoms with E-state index in [0.29, 0.717) is 30.4 Å². The molecule has 1 aliphatic heterocycles. The molecule has 1 atom stereocenters. The van der Waals surface area contributed by atoms with E-state index in [9.17, 15) is 9.59 Å². The Hall–Kier alpha value is -4.86. The highest BCUT2D eigenvalue weighted by molar-refractivity contribution is 5.95. The van der Waals surface area contributed by atoms with Crippen LogP contribution < -0.4 is 10.6 Å². The van der Waals surface area contributed by atoms with Crippen LogP contribution in [0.25, 0.3) is 33.3 Å². The molecule has 8 nitrogen and oxygen atoms in total. The number of piperazine rings is 1. The third kappa shape index (κ3) is 4.94. The lowest BCUT2D eigenvalue weighted by Crippen LogP contribution is -2.54. The first-order chi connectivity index (χ1) is 21.1. The normalized spacial score (nSPS) is 15.5. The number of nitrogens with zero attached hydrogens (tertiary/aromatic N) is 5. The smallest absolute Gasteiger partial charge is 0.351 e. The Morgan fingerprint density at radius 3 is 2.66 bits per heavy atom. The maximum Gasteiger partial charge on any atom is 0.351 e. The van der Waals surface area contributed by atoms with Gasteiger partial charge in [-0.05, 0) is 66.8 Å². The third-order valence-corrected chi connectivity index (χ3v) is 8.46. The van der Waals surface area contributed by atoms with Crippen molar-refractivity contribution in [3.8, 4) is 11.3 Å². The Morgan fingerprint density at radius 2 is 1.93 bits per heavy atom. The number of amides is 1. The van der Waals surface area contributed by atoms with E-state index in [4.69, 9.17) is 4.42 Å². The molecule has 4 heterocycles. The second-order valence-electron chi connectivity index (χ2n) is 11.6. The first-order valence-electron chi connectivity index (χ1n) is 14.6. The second kappa shape index (κ2) is 11.3. The van der Waals surface area contributed by atoms with Gasteiger partial charge in [-0.2, -0.15) is 4.98 Å². The molecule has 0 spiro atoms. The summed E-state index contributed by atoms with van der Waals surface area (Å²) < 4.78 is 38.4. The molecule has 44 heavy (non-hydrogen) atoms. The van der Waals surface area contributed by atoms with E-state index in [2.05, 4.69) is 30.4 Å². The summed E-state index contributed by atoms with van der Waals surface area (Å²) in [5.74, 6) is -1.21. The molecule has 0 bridgehead atoms. The number of furan rings is 1. The van der Waals surface area contributed by atoms with Gasteiger partial charge in [-0.1, -0.05) is 38.6 Å². The molecule has 6 rings (SSSR count). The number of anilines is 1. The van der Waals surface area contributed by atoms with Crippen molar-refractivity contribution in [2.75, 3.05) is 24.5 Å². The Morgan fingerprint density at radius 1 is 1.14 bits per heavy atom. The standard InChI is InChI=1S/C34H33F2N5O3/c1-6-28(42)39-13-14-40(21(5)17-39)33-24-16-27(36)30(29-26(35)11-10-22-12-15-44-31(22)29)37-32(24)41(34(43)38-33)18-25-20(4)8-7-9-23(25)19(2)3/h6-12,15-16,19,21H,1,13-14,17-18H2,2-5H3/t21-/m0/s1. The molecule has 10 heteroatoms. The van der Waals surface area contributed by atoms with E-state index in [1.54, 1.807) is 17.0 Å². The summed E-state index contributed by atoms with van der Waals surface area (Å²) in [4.78, 5) is 38.9. The van der Waals surface area contributed by atoms with Crippen LogP contribution in [0.2, 0.25) is 0 Å². The summed E-state index contributed by atoms with van der Waals surface area (Å²) in [6.07, 6.45) is 2.68. The van der Waals surface area contributed by atoms with Gasteiger partial charge in [0.2, 0.25) is 5.91 Å². The second-order valence-corrected chi connectivity index (χ2v) is 11.6. The van der Waals surface area contributed by atoms with Crippen molar-refractivity contribution in [3.05, 3.63) is 100 Å². The predicted octanol–water partition coefficient (Wildman–Crippen LogP) is 6.19. The molecule has 5 aromatic rings. The number of carbonyl (C=O) groups excluding carboxylic acids is 1. The van der Waals surface area contributed by atoms with Gasteiger partial charge in [-0.15, -0.1) is 0 Å². The molecule has 0 saturated carbocycles. The number of pyridine rings is 1. The van der Waals surface area contributed by atoms with Crippen LogP contribution >= 0.6 is 0 Å². The van der Waals surface area contributed by atoms with Crippen LogP contribution in [0.1, 0.15) is 43.4 Å². The molecule has 1 amide bonds. The van der Waals surface area contributed by atoms with E-state index in [1.165, 1.54) is 29.0 Å². The fourth-order valence-corrected chi connectivity index (χ4v) is 6.16. The average Bonchev–Trinajstić information content (AvgIpc) is 3.47. The summed E-state index contributed by atoms with van der Waals surface area (Å²) in [5, 5.41) is 0.908. The Bertz CT molecular complexity index is 2000. The highest BCUT2D eigenvalue weighted by Gasteiger charge is 2.30. The van der Waals surface area contributed by atoms with Crippen molar-refractivity contribution in [2.24, 2.45) is 0 Å². The van der Waals surface area contributed by atoms with Crippen molar-refractivity contribution in [2.45, 2.75) is 46.2 Å². The third-order valence-electron chi connectivity index (χ3n) is 8.46. The van der Waals surface area contributed by atoms with Gasteiger partial charge in [-0.25, -0.2) is 18.6 Å². The minimum absolute atomic E-state index is 0.118. The molecular weight excluding hydrogens is 564 g/mol. The van der Waals surface area contributed by atoms with Crippen LogP contribution in [0, 0.1) is 18.6 Å². The van der Waals surface area contributed by atoms with E-state index in [1.807, 2.05) is 36.9 Å². The number of hydrogen-bond donors (Lipinski definition) is 0. The zero-order valence-electron chi connectivity index (χ0n) is 25.1. The molecule has 0 unspecified atom stereocenters. The van der Waals surface area contributed by atoms with Gasteiger partial charge in [-0.3, -0.25) is 9.36 Å². The molecule has 2 aromatic carbocycles. The lowest BCUT2D eigenvalue weighted by atomic mass is 9.93. The van der Waals surface area contributed by atoms with Gasteiger partial charge in [0.1, 0.15) is 28.6 Å². The van der Waals surface area contributed by atoms with Gasteiger partial charge in [0.15, 0.2) is 5.82 Å². The molecule has 0 radical (unpaired) electrons. The van der Waals surface area contributed by atoms with Gasteiger partial charge in [0, 0.05) is 31.1 Å². The number of benzene rings is 2. The summed E-state index contributed by atoms with van der Waals surface area (Å²) in [5.41, 5.74) is 2.40. The largest absolute Gasteiger partial charge is 0.464 e. The lowest BCUT2D eigenvalue weighted by Gasteiger charge is -2.40. The number of aryl methyl sites for hydroxylation is 1. The molecule has 226 valence electrons. The zero-order valence-corrected chi connectivity index (χ0v) is 25.1. The fourth-order valence-electron chi connectivity index (χ4n) is 6.16. The predicted molar refractivity (Wildman–Crippen MR) is 167 cm³/mol. The van der Waals surface area contributed by atoms with Crippen LogP contribution in [0.4, 0.5) is 14.6 Å².